The Balaban J connectivity index is 1.79. The summed E-state index contributed by atoms with van der Waals surface area (Å²) in [7, 11) is -0.631. The Hall–Kier alpha value is 0.0700. The smallest absolute Gasteiger partial charge is 0.0244 e. The van der Waals surface area contributed by atoms with Gasteiger partial charge in [-0.15, -0.1) is 0 Å². The summed E-state index contributed by atoms with van der Waals surface area (Å²) < 4.78 is 11.1. The molecular formula is C13H26N2OS. The minimum atomic E-state index is -0.631. The number of nitrogens with one attached hydrogen (secondary N) is 1. The van der Waals surface area contributed by atoms with Crippen LogP contribution in [0.25, 0.3) is 0 Å². The maximum Gasteiger partial charge on any atom is 0.0244 e. The van der Waals surface area contributed by atoms with Crippen molar-refractivity contribution in [3.05, 3.63) is 0 Å². The standard InChI is InChI=1S/C13H26N2OS/c1-3-12-9-14-13(11-5-6-11)10-15(12)7-4-8-17(2)16/h11-14H,3-10H2,1-2H3. The van der Waals surface area contributed by atoms with Crippen molar-refractivity contribution in [1.29, 1.82) is 0 Å². The molecule has 0 aromatic rings. The van der Waals surface area contributed by atoms with E-state index < -0.39 is 10.8 Å². The Labute approximate surface area is 108 Å². The highest BCUT2D eigenvalue weighted by atomic mass is 32.2. The van der Waals surface area contributed by atoms with Gasteiger partial charge in [-0.3, -0.25) is 9.11 Å². The summed E-state index contributed by atoms with van der Waals surface area (Å²) >= 11 is 0. The molecule has 100 valence electrons. The summed E-state index contributed by atoms with van der Waals surface area (Å²) in [6.07, 6.45) is 6.95. The molecule has 0 amide bonds. The highest BCUT2D eigenvalue weighted by Crippen LogP contribution is 2.34. The number of rotatable bonds is 6. The van der Waals surface area contributed by atoms with Crippen molar-refractivity contribution in [3.8, 4) is 0 Å². The molecule has 4 heteroatoms. The molecule has 3 unspecified atom stereocenters. The molecule has 1 aliphatic heterocycles. The zero-order valence-electron chi connectivity index (χ0n) is 11.2. The number of piperazine rings is 1. The molecule has 0 spiro atoms. The first-order chi connectivity index (χ1) is 8.20. The summed E-state index contributed by atoms with van der Waals surface area (Å²) in [4.78, 5) is 2.63. The number of hydrogen-bond donors (Lipinski definition) is 1. The quantitative estimate of drug-likeness (QED) is 0.777. The van der Waals surface area contributed by atoms with Crippen LogP contribution < -0.4 is 5.32 Å². The van der Waals surface area contributed by atoms with E-state index in [1.54, 1.807) is 0 Å². The molecule has 2 rings (SSSR count). The van der Waals surface area contributed by atoms with Crippen molar-refractivity contribution in [1.82, 2.24) is 10.2 Å². The van der Waals surface area contributed by atoms with Gasteiger partial charge in [0.1, 0.15) is 0 Å². The van der Waals surface area contributed by atoms with Gasteiger partial charge in [-0.1, -0.05) is 6.92 Å². The second kappa shape index (κ2) is 6.30. The van der Waals surface area contributed by atoms with Crippen LogP contribution in [0, 0.1) is 5.92 Å². The van der Waals surface area contributed by atoms with Gasteiger partial charge in [-0.05, 0) is 38.1 Å². The Kier molecular flexibility index (Phi) is 5.00. The molecular weight excluding hydrogens is 232 g/mol. The molecule has 2 fully saturated rings. The van der Waals surface area contributed by atoms with Crippen LogP contribution in [0.15, 0.2) is 0 Å². The van der Waals surface area contributed by atoms with Crippen LogP contribution in [-0.4, -0.2) is 52.8 Å². The van der Waals surface area contributed by atoms with Crippen LogP contribution >= 0.6 is 0 Å². The first-order valence-electron chi connectivity index (χ1n) is 6.98. The maximum absolute atomic E-state index is 11.1. The summed E-state index contributed by atoms with van der Waals surface area (Å²) in [6, 6.07) is 1.42. The first kappa shape index (κ1) is 13.5. The minimum Gasteiger partial charge on any atom is -0.311 e. The van der Waals surface area contributed by atoms with Crippen molar-refractivity contribution in [2.24, 2.45) is 5.92 Å². The summed E-state index contributed by atoms with van der Waals surface area (Å²) in [5.41, 5.74) is 0. The van der Waals surface area contributed by atoms with E-state index in [4.69, 9.17) is 0 Å². The van der Waals surface area contributed by atoms with Gasteiger partial charge in [0.25, 0.3) is 0 Å². The van der Waals surface area contributed by atoms with E-state index in [1.807, 2.05) is 6.26 Å². The molecule has 0 radical (unpaired) electrons. The average molecular weight is 258 g/mol. The number of nitrogens with zero attached hydrogens (tertiary/aromatic N) is 1. The molecule has 1 heterocycles. The summed E-state index contributed by atoms with van der Waals surface area (Å²) in [6.45, 7) is 5.75. The number of hydrogen-bond acceptors (Lipinski definition) is 3. The fourth-order valence-electron chi connectivity index (χ4n) is 2.84. The molecule has 0 aromatic heterocycles. The van der Waals surface area contributed by atoms with Gasteiger partial charge in [-0.25, -0.2) is 0 Å². The van der Waals surface area contributed by atoms with Crippen LogP contribution in [0.5, 0.6) is 0 Å². The molecule has 0 bridgehead atoms. The van der Waals surface area contributed by atoms with Crippen molar-refractivity contribution in [2.45, 2.75) is 44.7 Å². The van der Waals surface area contributed by atoms with Crippen LogP contribution in [0.2, 0.25) is 0 Å². The highest BCUT2D eigenvalue weighted by Gasteiger charge is 2.36. The van der Waals surface area contributed by atoms with Gasteiger partial charge in [0.05, 0.1) is 0 Å². The zero-order chi connectivity index (χ0) is 12.3. The van der Waals surface area contributed by atoms with E-state index in [0.717, 1.165) is 37.2 Å². The van der Waals surface area contributed by atoms with Crippen LogP contribution in [0.1, 0.15) is 32.6 Å². The summed E-state index contributed by atoms with van der Waals surface area (Å²) in [5, 5.41) is 3.71. The second-order valence-corrected chi connectivity index (χ2v) is 7.09. The lowest BCUT2D eigenvalue weighted by Gasteiger charge is -2.40. The minimum absolute atomic E-state index is 0.631. The lowest BCUT2D eigenvalue weighted by molar-refractivity contribution is 0.119. The van der Waals surface area contributed by atoms with E-state index in [1.165, 1.54) is 25.8 Å². The van der Waals surface area contributed by atoms with Crippen molar-refractivity contribution in [2.75, 3.05) is 31.6 Å². The van der Waals surface area contributed by atoms with Gasteiger partial charge >= 0.3 is 0 Å². The summed E-state index contributed by atoms with van der Waals surface area (Å²) in [5.74, 6) is 1.80. The molecule has 2 aliphatic rings. The molecule has 3 atom stereocenters. The van der Waals surface area contributed by atoms with Crippen molar-refractivity contribution >= 4 is 10.8 Å². The normalized spacial score (nSPS) is 32.6. The van der Waals surface area contributed by atoms with Crippen LogP contribution in [0.4, 0.5) is 0 Å². The lowest BCUT2D eigenvalue weighted by Crippen LogP contribution is -2.57. The molecule has 1 N–H and O–H groups in total. The van der Waals surface area contributed by atoms with E-state index in [0.29, 0.717) is 6.04 Å². The molecule has 1 saturated carbocycles. The molecule has 1 saturated heterocycles. The van der Waals surface area contributed by atoms with Crippen LogP contribution in [-0.2, 0) is 10.8 Å². The third kappa shape index (κ3) is 4.04. The van der Waals surface area contributed by atoms with Gasteiger partial charge in [0.2, 0.25) is 0 Å². The van der Waals surface area contributed by atoms with Gasteiger partial charge < -0.3 is 5.32 Å². The zero-order valence-corrected chi connectivity index (χ0v) is 12.0. The van der Waals surface area contributed by atoms with E-state index in [9.17, 15) is 4.21 Å². The third-order valence-corrected chi connectivity index (χ3v) is 4.97. The van der Waals surface area contributed by atoms with E-state index in [-0.39, 0.29) is 0 Å². The largest absolute Gasteiger partial charge is 0.311 e. The Morgan fingerprint density at radius 1 is 1.41 bits per heavy atom. The SMILES string of the molecule is CCC1CNC(C2CC2)CN1CCCS(C)=O. The lowest BCUT2D eigenvalue weighted by atomic mass is 10.0. The van der Waals surface area contributed by atoms with Gasteiger partial charge in [0, 0.05) is 48.0 Å². The van der Waals surface area contributed by atoms with E-state index in [2.05, 4.69) is 17.1 Å². The Morgan fingerprint density at radius 3 is 2.76 bits per heavy atom. The molecule has 3 nitrogen and oxygen atoms in total. The Morgan fingerprint density at radius 2 is 2.18 bits per heavy atom. The van der Waals surface area contributed by atoms with Crippen LogP contribution in [0.3, 0.4) is 0 Å². The van der Waals surface area contributed by atoms with E-state index >= 15 is 0 Å². The van der Waals surface area contributed by atoms with Crippen molar-refractivity contribution in [3.63, 3.8) is 0 Å². The monoisotopic (exact) mass is 258 g/mol. The second-order valence-electron chi connectivity index (χ2n) is 5.54. The molecule has 17 heavy (non-hydrogen) atoms. The topological polar surface area (TPSA) is 32.3 Å². The first-order valence-corrected chi connectivity index (χ1v) is 8.71. The average Bonchev–Trinajstić information content (AvgIpc) is 3.12. The molecule has 1 aliphatic carbocycles. The predicted molar refractivity (Wildman–Crippen MR) is 73.7 cm³/mol. The van der Waals surface area contributed by atoms with Crippen molar-refractivity contribution < 1.29 is 4.21 Å². The maximum atomic E-state index is 11.1. The fraction of sp³-hybridized carbons (Fsp3) is 1.00. The molecule has 0 aromatic carbocycles. The fourth-order valence-corrected chi connectivity index (χ4v) is 3.38. The van der Waals surface area contributed by atoms with Gasteiger partial charge in [-0.2, -0.15) is 0 Å². The predicted octanol–water partition coefficient (Wildman–Crippen LogP) is 1.22. The van der Waals surface area contributed by atoms with Gasteiger partial charge in [0.15, 0.2) is 0 Å². The Bertz CT molecular complexity index is 268. The highest BCUT2D eigenvalue weighted by molar-refractivity contribution is 7.84. The third-order valence-electron chi connectivity index (χ3n) is 4.10.